The van der Waals surface area contributed by atoms with Crippen molar-refractivity contribution < 1.29 is 124 Å². The van der Waals surface area contributed by atoms with Crippen LogP contribution in [0.15, 0.2) is 0 Å². The van der Waals surface area contributed by atoms with Crippen molar-refractivity contribution in [3.63, 3.8) is 0 Å². The number of hydrogen-bond donors (Lipinski definition) is 16. The molecule has 0 unspecified atom stereocenters. The average molecular weight is 895 g/mol. The standard InChI is InChI=1S/C34H58N2O25/c1-8-17(43)23(49)25(51)33(53-8)61-29-27(59-31-15(35-9(2)41)21(47)18(44)12(5-38)55-31)20(46)13(6-39)56-34(29)58-26-14(7-40)57-32(16(22(26)48)36-10(3)42)60-28-24(50)19(45)11(4-37)54-30(28)52/h8,11-34,37-40,43-52H,4-7H2,1-3H3,(H,35,41)(H,36,42)/t8-,11+,12+,13+,14+,15+,16+,17+,18-,19+,20-,21+,22+,23+,24-,25-,26+,27-,28-,29+,30+,31+,32-,33-,34-/m0/s1. The molecule has 5 aliphatic heterocycles. The molecule has 0 aliphatic carbocycles. The third kappa shape index (κ3) is 10.8. The molecule has 0 spiro atoms. The number of carbonyl (C=O) groups excluding carboxylic acids is 2. The van der Waals surface area contributed by atoms with E-state index in [0.717, 1.165) is 13.8 Å². The van der Waals surface area contributed by atoms with Crippen LogP contribution in [0.3, 0.4) is 0 Å². The molecule has 5 saturated heterocycles. The summed E-state index contributed by atoms with van der Waals surface area (Å²) in [5.74, 6) is -1.56. The molecule has 0 aromatic rings. The second kappa shape index (κ2) is 21.3. The molecule has 16 N–H and O–H groups in total. The van der Waals surface area contributed by atoms with E-state index in [1.807, 2.05) is 0 Å². The van der Waals surface area contributed by atoms with Crippen LogP contribution in [-0.4, -0.2) is 263 Å². The lowest BCUT2D eigenvalue weighted by molar-refractivity contribution is -0.401. The number of aliphatic hydroxyl groups excluding tert-OH is 14. The van der Waals surface area contributed by atoms with Gasteiger partial charge in [0, 0.05) is 13.8 Å². The topological polar surface area (TPSA) is 424 Å². The second-order valence-electron chi connectivity index (χ2n) is 15.4. The van der Waals surface area contributed by atoms with Gasteiger partial charge in [-0.25, -0.2) is 0 Å². The van der Waals surface area contributed by atoms with Crippen LogP contribution >= 0.6 is 0 Å². The number of aliphatic hydroxyl groups is 14. The van der Waals surface area contributed by atoms with E-state index in [1.165, 1.54) is 6.92 Å². The van der Waals surface area contributed by atoms with Crippen molar-refractivity contribution in [1.82, 2.24) is 10.6 Å². The quantitative estimate of drug-likeness (QED) is 0.0770. The molecule has 0 bridgehead atoms. The van der Waals surface area contributed by atoms with Gasteiger partial charge in [0.15, 0.2) is 31.5 Å². The van der Waals surface area contributed by atoms with Crippen molar-refractivity contribution in [3.8, 4) is 0 Å². The minimum atomic E-state index is -2.04. The average Bonchev–Trinajstić information content (AvgIpc) is 3.22. The Hall–Kier alpha value is -1.98. The van der Waals surface area contributed by atoms with Crippen LogP contribution in [0.1, 0.15) is 20.8 Å². The highest BCUT2D eigenvalue weighted by atomic mass is 16.8. The number of rotatable bonds is 14. The van der Waals surface area contributed by atoms with E-state index in [-0.39, 0.29) is 0 Å². The van der Waals surface area contributed by atoms with Crippen molar-refractivity contribution in [3.05, 3.63) is 0 Å². The lowest BCUT2D eigenvalue weighted by Crippen LogP contribution is -2.71. The van der Waals surface area contributed by atoms with Gasteiger partial charge in [0.05, 0.1) is 32.5 Å². The van der Waals surface area contributed by atoms with E-state index in [4.69, 9.17) is 42.6 Å². The van der Waals surface area contributed by atoms with Crippen molar-refractivity contribution in [2.75, 3.05) is 26.4 Å². The Labute approximate surface area is 346 Å². The normalized spacial score (nSPS) is 49.6. The van der Waals surface area contributed by atoms with Crippen LogP contribution in [0.2, 0.25) is 0 Å². The van der Waals surface area contributed by atoms with Crippen molar-refractivity contribution in [2.45, 2.75) is 174 Å². The Morgan fingerprint density at radius 3 is 1.43 bits per heavy atom. The van der Waals surface area contributed by atoms with Gasteiger partial charge in [-0.3, -0.25) is 9.59 Å². The predicted molar refractivity (Wildman–Crippen MR) is 188 cm³/mol. The molecule has 5 fully saturated rings. The fraction of sp³-hybridized carbons (Fsp3) is 0.941. The highest BCUT2D eigenvalue weighted by molar-refractivity contribution is 5.73. The monoisotopic (exact) mass is 894 g/mol. The van der Waals surface area contributed by atoms with E-state index >= 15 is 0 Å². The van der Waals surface area contributed by atoms with Crippen LogP contribution in [-0.2, 0) is 52.2 Å². The molecule has 2 amide bonds. The Morgan fingerprint density at radius 2 is 0.869 bits per heavy atom. The zero-order chi connectivity index (χ0) is 45.2. The Balaban J connectivity index is 1.51. The summed E-state index contributed by atoms with van der Waals surface area (Å²) in [5.41, 5.74) is 0. The zero-order valence-corrected chi connectivity index (χ0v) is 33.0. The van der Waals surface area contributed by atoms with Gasteiger partial charge >= 0.3 is 0 Å². The third-order valence-corrected chi connectivity index (χ3v) is 11.1. The van der Waals surface area contributed by atoms with Gasteiger partial charge in [-0.05, 0) is 6.92 Å². The SMILES string of the molecule is CC(=O)N[C@H]1[C@H](O[C@H]2[C@@H](O)[C@H](O)[C@@H](CO)O[C@H]2O)O[C@H](CO)[C@@H](O[C@@H]2O[C@H](CO)[C@H](O)[C@H](O[C@H]3O[C@H](CO)[C@H](O)[C@H](O)[C@H]3NC(C)=O)[C@H]2O[C@@H]2O[C@@H](C)[C@@H](O)[C@@H](O)[C@@H]2O)[C@@H]1O. The molecule has 0 saturated carbocycles. The van der Waals surface area contributed by atoms with E-state index in [0.29, 0.717) is 0 Å². The molecule has 354 valence electrons. The first-order valence-corrected chi connectivity index (χ1v) is 19.5. The van der Waals surface area contributed by atoms with Gasteiger partial charge in [0.25, 0.3) is 0 Å². The maximum Gasteiger partial charge on any atom is 0.217 e. The summed E-state index contributed by atoms with van der Waals surface area (Å²) in [5, 5.41) is 153. The van der Waals surface area contributed by atoms with Crippen LogP contribution in [0.4, 0.5) is 0 Å². The number of ether oxygens (including phenoxy) is 9. The molecule has 61 heavy (non-hydrogen) atoms. The molecular weight excluding hydrogens is 836 g/mol. The molecule has 5 heterocycles. The molecule has 0 aromatic heterocycles. The van der Waals surface area contributed by atoms with Gasteiger partial charge in [0.1, 0.15) is 116 Å². The maximum absolute atomic E-state index is 12.4. The number of hydrogen-bond acceptors (Lipinski definition) is 25. The minimum Gasteiger partial charge on any atom is -0.394 e. The molecule has 0 radical (unpaired) electrons. The summed E-state index contributed by atoms with van der Waals surface area (Å²) < 4.78 is 52.1. The number of carbonyl (C=O) groups is 2. The predicted octanol–water partition coefficient (Wildman–Crippen LogP) is -10.6. The largest absolute Gasteiger partial charge is 0.394 e. The third-order valence-electron chi connectivity index (χ3n) is 11.1. The first kappa shape index (κ1) is 50.0. The van der Waals surface area contributed by atoms with Crippen LogP contribution in [0.25, 0.3) is 0 Å². The summed E-state index contributed by atoms with van der Waals surface area (Å²) in [4.78, 5) is 24.6. The molecule has 27 nitrogen and oxygen atoms in total. The zero-order valence-electron chi connectivity index (χ0n) is 33.0. The van der Waals surface area contributed by atoms with E-state index in [2.05, 4.69) is 10.6 Å². The van der Waals surface area contributed by atoms with Crippen molar-refractivity contribution in [1.29, 1.82) is 0 Å². The van der Waals surface area contributed by atoms with E-state index in [1.54, 1.807) is 0 Å². The summed E-state index contributed by atoms with van der Waals surface area (Å²) in [6, 6.07) is -3.32. The molecule has 5 aliphatic rings. The summed E-state index contributed by atoms with van der Waals surface area (Å²) in [7, 11) is 0. The summed E-state index contributed by atoms with van der Waals surface area (Å²) in [6.45, 7) is -0.293. The van der Waals surface area contributed by atoms with Gasteiger partial charge < -0.3 is 125 Å². The van der Waals surface area contributed by atoms with Crippen molar-refractivity contribution in [2.24, 2.45) is 0 Å². The molecule has 25 atom stereocenters. The lowest BCUT2D eigenvalue weighted by Gasteiger charge is -2.51. The maximum atomic E-state index is 12.4. The molecular formula is C34H58N2O25. The minimum absolute atomic E-state index is 0.756. The fourth-order valence-corrected chi connectivity index (χ4v) is 7.74. The Morgan fingerprint density at radius 1 is 0.426 bits per heavy atom. The van der Waals surface area contributed by atoms with Gasteiger partial charge in [-0.1, -0.05) is 0 Å². The number of nitrogens with one attached hydrogen (secondary N) is 2. The van der Waals surface area contributed by atoms with Gasteiger partial charge in [-0.2, -0.15) is 0 Å². The second-order valence-corrected chi connectivity index (χ2v) is 15.4. The first-order chi connectivity index (χ1) is 28.8. The van der Waals surface area contributed by atoms with E-state index in [9.17, 15) is 81.1 Å². The van der Waals surface area contributed by atoms with E-state index < -0.39 is 192 Å². The molecule has 0 aromatic carbocycles. The number of amides is 2. The first-order valence-electron chi connectivity index (χ1n) is 19.5. The summed E-state index contributed by atoms with van der Waals surface area (Å²) in [6.07, 6.45) is -41.7. The molecule has 5 rings (SSSR count). The van der Waals surface area contributed by atoms with Gasteiger partial charge in [0.2, 0.25) is 11.8 Å². The van der Waals surface area contributed by atoms with Crippen LogP contribution < -0.4 is 10.6 Å². The summed E-state index contributed by atoms with van der Waals surface area (Å²) >= 11 is 0. The Kier molecular flexibility index (Phi) is 17.5. The van der Waals surface area contributed by atoms with Crippen LogP contribution in [0, 0.1) is 0 Å². The van der Waals surface area contributed by atoms with Crippen LogP contribution in [0.5, 0.6) is 0 Å². The van der Waals surface area contributed by atoms with Crippen molar-refractivity contribution >= 4 is 11.8 Å². The lowest BCUT2D eigenvalue weighted by atomic mass is 9.94. The highest BCUT2D eigenvalue weighted by Crippen LogP contribution is 2.37. The highest BCUT2D eigenvalue weighted by Gasteiger charge is 2.58. The van der Waals surface area contributed by atoms with Gasteiger partial charge in [-0.15, -0.1) is 0 Å². The Bertz CT molecular complexity index is 1420. The fourth-order valence-electron chi connectivity index (χ4n) is 7.74. The smallest absolute Gasteiger partial charge is 0.217 e. The molecule has 27 heteroatoms.